The lowest BCUT2D eigenvalue weighted by Crippen LogP contribution is -2.66. The Morgan fingerprint density at radius 2 is 2.00 bits per heavy atom. The molecule has 2 saturated heterocycles. The molecule has 0 aromatic heterocycles. The fourth-order valence-corrected chi connectivity index (χ4v) is 2.73. The van der Waals surface area contributed by atoms with Crippen LogP contribution in [0.3, 0.4) is 0 Å². The normalized spacial score (nSPS) is 25.9. The molecule has 0 atom stereocenters. The lowest BCUT2D eigenvalue weighted by molar-refractivity contribution is -0.160. The molecule has 4 amide bonds. The second-order valence-corrected chi connectivity index (χ2v) is 5.75. The number of likely N-dealkylation sites (N-methyl/N-ethyl adjacent to an activating group) is 1. The van der Waals surface area contributed by atoms with Crippen molar-refractivity contribution in [2.45, 2.75) is 18.4 Å². The molecule has 1 aliphatic carbocycles. The van der Waals surface area contributed by atoms with Crippen molar-refractivity contribution in [2.24, 2.45) is 5.92 Å². The Labute approximate surface area is 110 Å². The Balaban J connectivity index is 1.55. The third-order valence-electron chi connectivity index (χ3n) is 4.14. The zero-order valence-electron chi connectivity index (χ0n) is 10.8. The van der Waals surface area contributed by atoms with Crippen LogP contribution in [0.5, 0.6) is 0 Å². The highest BCUT2D eigenvalue weighted by Crippen LogP contribution is 2.44. The number of likely N-dealkylation sites (tertiary alicyclic amines) is 1. The van der Waals surface area contributed by atoms with Gasteiger partial charge in [0.05, 0.1) is 13.1 Å². The predicted octanol–water partition coefficient (Wildman–Crippen LogP) is -1.14. The van der Waals surface area contributed by atoms with E-state index in [0.29, 0.717) is 19.0 Å². The second kappa shape index (κ2) is 3.93. The summed E-state index contributed by atoms with van der Waals surface area (Å²) in [5.74, 6) is -0.307. The molecule has 0 spiro atoms. The van der Waals surface area contributed by atoms with Gasteiger partial charge in [0.25, 0.3) is 5.91 Å². The first-order valence-corrected chi connectivity index (χ1v) is 6.46. The van der Waals surface area contributed by atoms with E-state index in [4.69, 9.17) is 0 Å². The van der Waals surface area contributed by atoms with Gasteiger partial charge in [0.1, 0.15) is 18.7 Å². The van der Waals surface area contributed by atoms with Gasteiger partial charge in [0.2, 0.25) is 5.91 Å². The van der Waals surface area contributed by atoms with E-state index in [2.05, 4.69) is 0 Å². The molecule has 1 N–H and O–H groups in total. The lowest BCUT2D eigenvalue weighted by atomic mass is 9.88. The number of nitrogens with zero attached hydrogens (tertiary/aromatic N) is 3. The second-order valence-electron chi connectivity index (χ2n) is 5.75. The van der Waals surface area contributed by atoms with Crippen LogP contribution < -0.4 is 0 Å². The summed E-state index contributed by atoms with van der Waals surface area (Å²) >= 11 is 0. The number of carbonyl (C=O) groups is 3. The van der Waals surface area contributed by atoms with Crippen LogP contribution in [0.15, 0.2) is 0 Å². The van der Waals surface area contributed by atoms with E-state index < -0.39 is 11.6 Å². The van der Waals surface area contributed by atoms with Crippen molar-refractivity contribution in [3.05, 3.63) is 0 Å². The number of imide groups is 1. The van der Waals surface area contributed by atoms with Crippen LogP contribution in [0.1, 0.15) is 12.8 Å². The van der Waals surface area contributed by atoms with Crippen molar-refractivity contribution in [3.63, 3.8) is 0 Å². The van der Waals surface area contributed by atoms with Crippen LogP contribution in [0.2, 0.25) is 0 Å². The summed E-state index contributed by atoms with van der Waals surface area (Å²) in [6, 6.07) is -0.434. The molecule has 7 nitrogen and oxygen atoms in total. The molecule has 104 valence electrons. The zero-order valence-corrected chi connectivity index (χ0v) is 10.8. The van der Waals surface area contributed by atoms with Crippen molar-refractivity contribution >= 4 is 17.8 Å². The van der Waals surface area contributed by atoms with Crippen molar-refractivity contribution in [2.75, 3.05) is 33.2 Å². The van der Waals surface area contributed by atoms with Gasteiger partial charge < -0.3 is 14.9 Å². The van der Waals surface area contributed by atoms with Gasteiger partial charge in [-0.2, -0.15) is 0 Å². The fraction of sp³-hybridized carbons (Fsp3) is 0.750. The Kier molecular flexibility index (Phi) is 2.57. The Hall–Kier alpha value is -1.63. The topological polar surface area (TPSA) is 81.2 Å². The molecule has 2 heterocycles. The number of rotatable bonds is 3. The number of aliphatic hydroxyl groups is 1. The van der Waals surface area contributed by atoms with Crippen LogP contribution >= 0.6 is 0 Å². The van der Waals surface area contributed by atoms with E-state index in [1.54, 1.807) is 0 Å². The minimum absolute atomic E-state index is 0.0259. The average molecular weight is 267 g/mol. The van der Waals surface area contributed by atoms with Gasteiger partial charge in [-0.1, -0.05) is 0 Å². The molecule has 0 bridgehead atoms. The summed E-state index contributed by atoms with van der Waals surface area (Å²) in [5, 5.41) is 10.1. The summed E-state index contributed by atoms with van der Waals surface area (Å²) in [4.78, 5) is 38.9. The molecule has 3 fully saturated rings. The molecular formula is C12H17N3O4. The van der Waals surface area contributed by atoms with Gasteiger partial charge in [-0.15, -0.1) is 0 Å². The fourth-order valence-electron chi connectivity index (χ4n) is 2.73. The number of β-amino-alcohol motifs (C(OH)–C–C–N with tert-alkyl or cyclic N) is 1. The highest BCUT2D eigenvalue weighted by Gasteiger charge is 2.53. The summed E-state index contributed by atoms with van der Waals surface area (Å²) in [6.07, 6.45) is 2.04. The molecule has 3 aliphatic rings. The van der Waals surface area contributed by atoms with Gasteiger partial charge >= 0.3 is 6.03 Å². The van der Waals surface area contributed by atoms with Gasteiger partial charge in [0, 0.05) is 7.05 Å². The quantitative estimate of drug-likeness (QED) is 0.656. The molecule has 7 heteroatoms. The van der Waals surface area contributed by atoms with Crippen molar-refractivity contribution in [1.82, 2.24) is 14.7 Å². The van der Waals surface area contributed by atoms with Crippen molar-refractivity contribution in [1.29, 1.82) is 0 Å². The van der Waals surface area contributed by atoms with Crippen LogP contribution in [-0.4, -0.2) is 76.5 Å². The molecule has 1 saturated carbocycles. The summed E-state index contributed by atoms with van der Waals surface area (Å²) in [5.41, 5.74) is -0.731. The van der Waals surface area contributed by atoms with Gasteiger partial charge in [-0.25, -0.2) is 4.79 Å². The van der Waals surface area contributed by atoms with E-state index >= 15 is 0 Å². The van der Waals surface area contributed by atoms with E-state index in [1.807, 2.05) is 0 Å². The first-order valence-electron chi connectivity index (χ1n) is 6.46. The minimum Gasteiger partial charge on any atom is -0.386 e. The number of urea groups is 1. The van der Waals surface area contributed by atoms with E-state index in [1.165, 1.54) is 16.8 Å². The average Bonchev–Trinajstić information content (AvgIpc) is 3.11. The Morgan fingerprint density at radius 1 is 1.37 bits per heavy atom. The molecule has 0 aromatic carbocycles. The molecule has 2 aliphatic heterocycles. The van der Waals surface area contributed by atoms with Crippen LogP contribution in [0.25, 0.3) is 0 Å². The smallest absolute Gasteiger partial charge is 0.327 e. The Bertz CT molecular complexity index is 454. The molecule has 0 radical (unpaired) electrons. The van der Waals surface area contributed by atoms with Crippen molar-refractivity contribution < 1.29 is 19.5 Å². The Morgan fingerprint density at radius 3 is 2.47 bits per heavy atom. The number of amides is 4. The minimum atomic E-state index is -0.731. The monoisotopic (exact) mass is 267 g/mol. The summed E-state index contributed by atoms with van der Waals surface area (Å²) in [6.45, 7) is 0.450. The standard InChI is InChI=1S/C12H17N3O4/c1-13-4-10(17)15(11(13)18)5-9(16)14-6-12(19,7-14)8-2-3-8/h8,19H,2-7H2,1H3. The van der Waals surface area contributed by atoms with E-state index in [9.17, 15) is 19.5 Å². The maximum atomic E-state index is 12.0. The first-order chi connectivity index (χ1) is 8.90. The maximum absolute atomic E-state index is 12.0. The molecule has 3 rings (SSSR count). The van der Waals surface area contributed by atoms with Gasteiger partial charge in [-0.3, -0.25) is 14.5 Å². The number of carbonyl (C=O) groups excluding carboxylic acids is 3. The van der Waals surface area contributed by atoms with Crippen LogP contribution in [0, 0.1) is 5.92 Å². The van der Waals surface area contributed by atoms with Crippen LogP contribution in [-0.2, 0) is 9.59 Å². The van der Waals surface area contributed by atoms with E-state index in [0.717, 1.165) is 17.7 Å². The molecule has 0 unspecified atom stereocenters. The van der Waals surface area contributed by atoms with Crippen molar-refractivity contribution in [3.8, 4) is 0 Å². The summed E-state index contributed by atoms with van der Waals surface area (Å²) < 4.78 is 0. The number of hydrogen-bond acceptors (Lipinski definition) is 4. The third-order valence-corrected chi connectivity index (χ3v) is 4.14. The lowest BCUT2D eigenvalue weighted by Gasteiger charge is -2.47. The largest absolute Gasteiger partial charge is 0.386 e. The maximum Gasteiger partial charge on any atom is 0.327 e. The third kappa shape index (κ3) is 1.98. The molecule has 0 aromatic rings. The van der Waals surface area contributed by atoms with Crippen LogP contribution in [0.4, 0.5) is 4.79 Å². The molecule has 19 heavy (non-hydrogen) atoms. The highest BCUT2D eigenvalue weighted by molar-refractivity contribution is 6.04. The van der Waals surface area contributed by atoms with Gasteiger partial charge in [0.15, 0.2) is 0 Å². The first kappa shape index (κ1) is 12.4. The predicted molar refractivity (Wildman–Crippen MR) is 64.0 cm³/mol. The van der Waals surface area contributed by atoms with E-state index in [-0.39, 0.29) is 24.9 Å². The zero-order chi connectivity index (χ0) is 13.8. The van der Waals surface area contributed by atoms with Gasteiger partial charge in [-0.05, 0) is 18.8 Å². The highest BCUT2D eigenvalue weighted by atomic mass is 16.3. The molecular weight excluding hydrogens is 250 g/mol. The number of hydrogen-bond donors (Lipinski definition) is 1. The summed E-state index contributed by atoms with van der Waals surface area (Å²) in [7, 11) is 1.53. The SMILES string of the molecule is CN1CC(=O)N(CC(=O)N2CC(O)(C3CC3)C2)C1=O.